The predicted octanol–water partition coefficient (Wildman–Crippen LogP) is 4.19. The Bertz CT molecular complexity index is 978. The molecule has 3 aromatic rings. The average molecular weight is 349 g/mol. The molecule has 1 unspecified atom stereocenters. The van der Waals surface area contributed by atoms with E-state index in [1.54, 1.807) is 12.1 Å². The summed E-state index contributed by atoms with van der Waals surface area (Å²) in [5.41, 5.74) is 2.29. The van der Waals surface area contributed by atoms with E-state index in [4.69, 9.17) is 0 Å². The molecular formula is C21H20FN3O. The summed E-state index contributed by atoms with van der Waals surface area (Å²) in [5.74, 6) is -0.265. The van der Waals surface area contributed by atoms with Gasteiger partial charge in [-0.2, -0.15) is 5.10 Å². The van der Waals surface area contributed by atoms with Gasteiger partial charge in [0.1, 0.15) is 5.82 Å². The maximum absolute atomic E-state index is 14.1. The molecule has 4 rings (SSSR count). The van der Waals surface area contributed by atoms with E-state index in [2.05, 4.69) is 11.7 Å². The van der Waals surface area contributed by atoms with Crippen LogP contribution in [-0.4, -0.2) is 33.7 Å². The minimum Gasteiger partial charge on any atom is -0.337 e. The van der Waals surface area contributed by atoms with Gasteiger partial charge in [-0.05, 0) is 42.7 Å². The highest BCUT2D eigenvalue weighted by molar-refractivity contribution is 5.87. The van der Waals surface area contributed by atoms with E-state index in [1.165, 1.54) is 12.1 Å². The van der Waals surface area contributed by atoms with Crippen LogP contribution in [0.2, 0.25) is 0 Å². The Balaban J connectivity index is 1.65. The van der Waals surface area contributed by atoms with Crippen LogP contribution >= 0.6 is 0 Å². The highest BCUT2D eigenvalue weighted by atomic mass is 19.1. The molecule has 0 N–H and O–H groups in total. The lowest BCUT2D eigenvalue weighted by Crippen LogP contribution is -2.39. The van der Waals surface area contributed by atoms with E-state index < -0.39 is 0 Å². The molecule has 4 nitrogen and oxygen atoms in total. The van der Waals surface area contributed by atoms with Crippen molar-refractivity contribution in [1.82, 2.24) is 14.7 Å². The summed E-state index contributed by atoms with van der Waals surface area (Å²) in [7, 11) is 0. The van der Waals surface area contributed by atoms with Gasteiger partial charge in [-0.25, -0.2) is 4.39 Å². The Labute approximate surface area is 151 Å². The molecule has 132 valence electrons. The monoisotopic (exact) mass is 349 g/mol. The molecule has 0 radical (unpaired) electrons. The fourth-order valence-corrected chi connectivity index (χ4v) is 3.59. The summed E-state index contributed by atoms with van der Waals surface area (Å²) >= 11 is 0. The second-order valence-electron chi connectivity index (χ2n) is 6.65. The Kier molecular flexibility index (Phi) is 4.29. The molecule has 0 aliphatic carbocycles. The molecular weight excluding hydrogens is 329 g/mol. The van der Waals surface area contributed by atoms with Gasteiger partial charge in [-0.1, -0.05) is 30.8 Å². The molecule has 0 spiro atoms. The molecule has 1 amide bonds. The van der Waals surface area contributed by atoms with Gasteiger partial charge in [0.2, 0.25) is 5.91 Å². The Hall–Kier alpha value is -2.95. The summed E-state index contributed by atoms with van der Waals surface area (Å²) < 4.78 is 16.0. The van der Waals surface area contributed by atoms with Crippen LogP contribution in [0, 0.1) is 5.82 Å². The number of carbonyl (C=O) groups excluding carboxylic acids is 1. The zero-order chi connectivity index (χ0) is 18.1. The van der Waals surface area contributed by atoms with Gasteiger partial charge in [0.05, 0.1) is 11.6 Å². The number of nitrogens with zero attached hydrogens (tertiary/aromatic N) is 3. The van der Waals surface area contributed by atoms with Gasteiger partial charge in [0.25, 0.3) is 0 Å². The van der Waals surface area contributed by atoms with Crippen LogP contribution in [-0.2, 0) is 4.79 Å². The van der Waals surface area contributed by atoms with Crippen molar-refractivity contribution in [3.63, 3.8) is 0 Å². The van der Waals surface area contributed by atoms with Crippen LogP contribution in [0.4, 0.5) is 4.39 Å². The first kappa shape index (κ1) is 16.5. The van der Waals surface area contributed by atoms with Crippen LogP contribution < -0.4 is 0 Å². The van der Waals surface area contributed by atoms with E-state index in [1.807, 2.05) is 40.0 Å². The van der Waals surface area contributed by atoms with Gasteiger partial charge in [0, 0.05) is 30.2 Å². The van der Waals surface area contributed by atoms with Crippen molar-refractivity contribution in [2.24, 2.45) is 0 Å². The number of benzene rings is 2. The van der Waals surface area contributed by atoms with Crippen LogP contribution in [0.15, 0.2) is 61.3 Å². The minimum absolute atomic E-state index is 0.0340. The van der Waals surface area contributed by atoms with E-state index in [0.717, 1.165) is 35.9 Å². The summed E-state index contributed by atoms with van der Waals surface area (Å²) in [6.07, 6.45) is 5.28. The molecule has 0 saturated carbocycles. The predicted molar refractivity (Wildman–Crippen MR) is 100 cm³/mol. The molecule has 1 saturated heterocycles. The number of fused-ring (bicyclic) bond motifs is 1. The number of likely N-dealkylation sites (tertiary alicyclic amines) is 1. The SMILES string of the molecule is C=CC(=O)N1CCCC(n2cc3cc(-c4ccccc4F)ccc3n2)C1. The standard InChI is InChI=1S/C21H20FN3O/c1-2-21(26)24-11-5-6-17(14-24)25-13-16-12-15(9-10-20(16)23-25)18-7-3-4-8-19(18)22/h2-4,7-10,12-13,17H,1,5-6,11,14H2. The Morgan fingerprint density at radius 2 is 2.12 bits per heavy atom. The number of piperidine rings is 1. The normalized spacial score (nSPS) is 17.4. The number of hydrogen-bond acceptors (Lipinski definition) is 2. The lowest BCUT2D eigenvalue weighted by Gasteiger charge is -2.32. The fraction of sp³-hybridized carbons (Fsp3) is 0.238. The number of carbonyl (C=O) groups is 1. The Morgan fingerprint density at radius 3 is 2.92 bits per heavy atom. The summed E-state index contributed by atoms with van der Waals surface area (Å²) in [6, 6.07) is 12.7. The first-order valence-electron chi connectivity index (χ1n) is 8.81. The van der Waals surface area contributed by atoms with E-state index in [-0.39, 0.29) is 17.8 Å². The van der Waals surface area contributed by atoms with Crippen LogP contribution in [0.3, 0.4) is 0 Å². The maximum Gasteiger partial charge on any atom is 0.246 e. The molecule has 2 heterocycles. The minimum atomic E-state index is -0.231. The molecule has 1 aromatic heterocycles. The maximum atomic E-state index is 14.1. The van der Waals surface area contributed by atoms with Crippen molar-refractivity contribution in [2.45, 2.75) is 18.9 Å². The van der Waals surface area contributed by atoms with E-state index in [9.17, 15) is 9.18 Å². The third kappa shape index (κ3) is 3.01. The van der Waals surface area contributed by atoms with Crippen LogP contribution in [0.1, 0.15) is 18.9 Å². The zero-order valence-electron chi connectivity index (χ0n) is 14.4. The van der Waals surface area contributed by atoms with Crippen molar-refractivity contribution in [1.29, 1.82) is 0 Å². The molecule has 1 fully saturated rings. The van der Waals surface area contributed by atoms with Gasteiger partial charge >= 0.3 is 0 Å². The quantitative estimate of drug-likeness (QED) is 0.665. The lowest BCUT2D eigenvalue weighted by atomic mass is 10.0. The molecule has 2 aromatic carbocycles. The molecule has 1 aliphatic rings. The number of halogens is 1. The molecule has 5 heteroatoms. The van der Waals surface area contributed by atoms with Crippen molar-refractivity contribution in [3.05, 3.63) is 67.1 Å². The van der Waals surface area contributed by atoms with Crippen molar-refractivity contribution < 1.29 is 9.18 Å². The second kappa shape index (κ2) is 6.75. The summed E-state index contributed by atoms with van der Waals surface area (Å²) in [5, 5.41) is 5.64. The second-order valence-corrected chi connectivity index (χ2v) is 6.65. The molecule has 26 heavy (non-hydrogen) atoms. The average Bonchev–Trinajstić information content (AvgIpc) is 3.11. The van der Waals surface area contributed by atoms with Gasteiger partial charge < -0.3 is 4.90 Å². The largest absolute Gasteiger partial charge is 0.337 e. The van der Waals surface area contributed by atoms with Gasteiger partial charge in [-0.3, -0.25) is 9.48 Å². The van der Waals surface area contributed by atoms with Gasteiger partial charge in [0.15, 0.2) is 0 Å². The summed E-state index contributed by atoms with van der Waals surface area (Å²) in [4.78, 5) is 13.7. The number of hydrogen-bond donors (Lipinski definition) is 0. The van der Waals surface area contributed by atoms with Gasteiger partial charge in [-0.15, -0.1) is 0 Å². The smallest absolute Gasteiger partial charge is 0.246 e. The van der Waals surface area contributed by atoms with E-state index in [0.29, 0.717) is 12.1 Å². The summed E-state index contributed by atoms with van der Waals surface area (Å²) in [6.45, 7) is 4.97. The molecule has 1 atom stereocenters. The number of amides is 1. The third-order valence-electron chi connectivity index (χ3n) is 4.96. The zero-order valence-corrected chi connectivity index (χ0v) is 14.4. The third-order valence-corrected chi connectivity index (χ3v) is 4.96. The Morgan fingerprint density at radius 1 is 1.27 bits per heavy atom. The molecule has 0 bridgehead atoms. The fourth-order valence-electron chi connectivity index (χ4n) is 3.59. The first-order chi connectivity index (χ1) is 12.7. The van der Waals surface area contributed by atoms with Crippen molar-refractivity contribution in [3.8, 4) is 11.1 Å². The highest BCUT2D eigenvalue weighted by Gasteiger charge is 2.24. The first-order valence-corrected chi connectivity index (χ1v) is 8.81. The van der Waals surface area contributed by atoms with Crippen LogP contribution in [0.25, 0.3) is 22.0 Å². The van der Waals surface area contributed by atoms with Crippen molar-refractivity contribution >= 4 is 16.8 Å². The number of rotatable bonds is 3. The lowest BCUT2D eigenvalue weighted by molar-refractivity contribution is -0.127. The number of aromatic nitrogens is 2. The topological polar surface area (TPSA) is 38.1 Å². The highest BCUT2D eigenvalue weighted by Crippen LogP contribution is 2.28. The van der Waals surface area contributed by atoms with Crippen LogP contribution in [0.5, 0.6) is 0 Å². The van der Waals surface area contributed by atoms with Crippen molar-refractivity contribution in [2.75, 3.05) is 13.1 Å². The molecule has 1 aliphatic heterocycles. The van der Waals surface area contributed by atoms with E-state index >= 15 is 0 Å².